The number of hydrogen-bond acceptors (Lipinski definition) is 3. The number of aliphatic hydroxyl groups is 1. The van der Waals surface area contributed by atoms with E-state index in [2.05, 4.69) is 0 Å². The lowest BCUT2D eigenvalue weighted by Crippen LogP contribution is -2.40. The summed E-state index contributed by atoms with van der Waals surface area (Å²) >= 11 is 0. The minimum absolute atomic E-state index is 0.0611. The summed E-state index contributed by atoms with van der Waals surface area (Å²) < 4.78 is 5.28. The Balaban J connectivity index is 2.10. The zero-order chi connectivity index (χ0) is 14.5. The van der Waals surface area contributed by atoms with E-state index in [4.69, 9.17) is 9.84 Å². The summed E-state index contributed by atoms with van der Waals surface area (Å²) in [5, 5.41) is 9.04. The molecular weight excluding hydrogens is 254 g/mol. The molecule has 1 unspecified atom stereocenters. The Hall–Kier alpha value is -1.55. The Morgan fingerprint density at radius 3 is 3.00 bits per heavy atom. The highest BCUT2D eigenvalue weighted by Crippen LogP contribution is 2.24. The molecule has 1 saturated heterocycles. The number of aliphatic hydroxyl groups excluding tert-OH is 1. The number of ether oxygens (including phenoxy) is 1. The van der Waals surface area contributed by atoms with Gasteiger partial charge in [-0.25, -0.2) is 0 Å². The van der Waals surface area contributed by atoms with Gasteiger partial charge < -0.3 is 14.7 Å². The molecule has 20 heavy (non-hydrogen) atoms. The van der Waals surface area contributed by atoms with E-state index < -0.39 is 0 Å². The van der Waals surface area contributed by atoms with Crippen LogP contribution in [-0.4, -0.2) is 42.7 Å². The standard InChI is InChI=1S/C16H23NO3/c1-12-5-6-14(10-15(12)20-2)16(19)17-8-3-4-13(11-17)7-9-18/h5-6,10,13,18H,3-4,7-9,11H2,1-2H3. The number of methoxy groups -OCH3 is 1. The van der Waals surface area contributed by atoms with E-state index in [0.717, 1.165) is 43.7 Å². The van der Waals surface area contributed by atoms with Crippen molar-refractivity contribution in [3.63, 3.8) is 0 Å². The van der Waals surface area contributed by atoms with E-state index in [0.29, 0.717) is 11.5 Å². The highest BCUT2D eigenvalue weighted by molar-refractivity contribution is 5.94. The lowest BCUT2D eigenvalue weighted by molar-refractivity contribution is 0.0653. The van der Waals surface area contributed by atoms with Crippen LogP contribution in [0.4, 0.5) is 0 Å². The average Bonchev–Trinajstić information content (AvgIpc) is 2.48. The molecule has 0 aromatic heterocycles. The van der Waals surface area contributed by atoms with Crippen LogP contribution in [-0.2, 0) is 0 Å². The van der Waals surface area contributed by atoms with Crippen molar-refractivity contribution >= 4 is 5.91 Å². The summed E-state index contributed by atoms with van der Waals surface area (Å²) in [6, 6.07) is 5.59. The zero-order valence-corrected chi connectivity index (χ0v) is 12.3. The minimum Gasteiger partial charge on any atom is -0.496 e. The lowest BCUT2D eigenvalue weighted by atomic mass is 9.94. The second-order valence-corrected chi connectivity index (χ2v) is 5.46. The predicted octanol–water partition coefficient (Wildman–Crippen LogP) is 2.24. The third-order valence-electron chi connectivity index (χ3n) is 4.00. The molecule has 110 valence electrons. The molecule has 0 saturated carbocycles. The molecule has 1 aliphatic heterocycles. The van der Waals surface area contributed by atoms with Crippen LogP contribution in [0.1, 0.15) is 35.2 Å². The lowest BCUT2D eigenvalue weighted by Gasteiger charge is -2.32. The van der Waals surface area contributed by atoms with Crippen molar-refractivity contribution in [3.8, 4) is 5.75 Å². The van der Waals surface area contributed by atoms with Gasteiger partial charge in [0.1, 0.15) is 5.75 Å². The summed E-state index contributed by atoms with van der Waals surface area (Å²) in [4.78, 5) is 14.4. The summed E-state index contributed by atoms with van der Waals surface area (Å²) in [7, 11) is 1.62. The highest BCUT2D eigenvalue weighted by Gasteiger charge is 2.24. The second kappa shape index (κ2) is 6.75. The Morgan fingerprint density at radius 1 is 1.50 bits per heavy atom. The van der Waals surface area contributed by atoms with Gasteiger partial charge in [0.25, 0.3) is 5.91 Å². The molecule has 1 aromatic rings. The minimum atomic E-state index is 0.0611. The van der Waals surface area contributed by atoms with Gasteiger partial charge in [-0.2, -0.15) is 0 Å². The summed E-state index contributed by atoms with van der Waals surface area (Å²) in [5.74, 6) is 1.23. The molecule has 4 heteroatoms. The van der Waals surface area contributed by atoms with Crippen LogP contribution in [0, 0.1) is 12.8 Å². The zero-order valence-electron chi connectivity index (χ0n) is 12.3. The van der Waals surface area contributed by atoms with Gasteiger partial charge in [0.05, 0.1) is 7.11 Å². The molecule has 1 N–H and O–H groups in total. The first-order valence-corrected chi connectivity index (χ1v) is 7.20. The smallest absolute Gasteiger partial charge is 0.253 e. The number of aryl methyl sites for hydroxylation is 1. The van der Waals surface area contributed by atoms with E-state index in [9.17, 15) is 4.79 Å². The van der Waals surface area contributed by atoms with E-state index in [-0.39, 0.29) is 12.5 Å². The van der Waals surface area contributed by atoms with Crippen LogP contribution >= 0.6 is 0 Å². The van der Waals surface area contributed by atoms with Crippen LogP contribution in [0.15, 0.2) is 18.2 Å². The van der Waals surface area contributed by atoms with Crippen molar-refractivity contribution in [2.75, 3.05) is 26.8 Å². The predicted molar refractivity (Wildman–Crippen MR) is 78.1 cm³/mol. The molecule has 1 heterocycles. The SMILES string of the molecule is COc1cc(C(=O)N2CCCC(CCO)C2)ccc1C. The maximum absolute atomic E-state index is 12.5. The molecule has 1 atom stereocenters. The monoisotopic (exact) mass is 277 g/mol. The Kier molecular flexibility index (Phi) is 5.01. The number of likely N-dealkylation sites (tertiary alicyclic amines) is 1. The number of benzene rings is 1. The first kappa shape index (κ1) is 14.9. The fraction of sp³-hybridized carbons (Fsp3) is 0.562. The molecule has 0 bridgehead atoms. The van der Waals surface area contributed by atoms with E-state index in [1.54, 1.807) is 7.11 Å². The maximum Gasteiger partial charge on any atom is 0.253 e. The molecular formula is C16H23NO3. The van der Waals surface area contributed by atoms with Gasteiger partial charge >= 0.3 is 0 Å². The van der Waals surface area contributed by atoms with E-state index in [1.807, 2.05) is 30.0 Å². The number of hydrogen-bond donors (Lipinski definition) is 1. The molecule has 2 rings (SSSR count). The summed E-state index contributed by atoms with van der Waals surface area (Å²) in [6.07, 6.45) is 2.89. The van der Waals surface area contributed by atoms with Crippen molar-refractivity contribution < 1.29 is 14.6 Å². The Labute approximate surface area is 120 Å². The van der Waals surface area contributed by atoms with Crippen LogP contribution in [0.25, 0.3) is 0 Å². The molecule has 1 amide bonds. The van der Waals surface area contributed by atoms with Crippen LogP contribution in [0.5, 0.6) is 5.75 Å². The van der Waals surface area contributed by atoms with Gasteiger partial charge in [-0.05, 0) is 49.8 Å². The maximum atomic E-state index is 12.5. The topological polar surface area (TPSA) is 49.8 Å². The summed E-state index contributed by atoms with van der Waals surface area (Å²) in [6.45, 7) is 3.71. The van der Waals surface area contributed by atoms with Crippen LogP contribution < -0.4 is 4.74 Å². The molecule has 0 radical (unpaired) electrons. The van der Waals surface area contributed by atoms with Gasteiger partial charge in [0.2, 0.25) is 0 Å². The van der Waals surface area contributed by atoms with Gasteiger partial charge in [0, 0.05) is 25.3 Å². The Morgan fingerprint density at radius 2 is 2.30 bits per heavy atom. The van der Waals surface area contributed by atoms with Gasteiger partial charge in [-0.15, -0.1) is 0 Å². The van der Waals surface area contributed by atoms with Crippen molar-refractivity contribution in [2.24, 2.45) is 5.92 Å². The molecule has 0 aliphatic carbocycles. The average molecular weight is 277 g/mol. The van der Waals surface area contributed by atoms with Crippen molar-refractivity contribution in [2.45, 2.75) is 26.2 Å². The van der Waals surface area contributed by atoms with Gasteiger partial charge in [-0.3, -0.25) is 4.79 Å². The number of amides is 1. The summed E-state index contributed by atoms with van der Waals surface area (Å²) in [5.41, 5.74) is 1.71. The van der Waals surface area contributed by atoms with Gasteiger partial charge in [-0.1, -0.05) is 6.07 Å². The number of carbonyl (C=O) groups is 1. The molecule has 1 aromatic carbocycles. The molecule has 1 aliphatic rings. The third kappa shape index (κ3) is 3.31. The van der Waals surface area contributed by atoms with Crippen molar-refractivity contribution in [1.29, 1.82) is 0 Å². The highest BCUT2D eigenvalue weighted by atomic mass is 16.5. The Bertz CT molecular complexity index is 471. The van der Waals surface area contributed by atoms with Crippen molar-refractivity contribution in [1.82, 2.24) is 4.90 Å². The van der Waals surface area contributed by atoms with Crippen molar-refractivity contribution in [3.05, 3.63) is 29.3 Å². The third-order valence-corrected chi connectivity index (χ3v) is 4.00. The number of piperidine rings is 1. The molecule has 4 nitrogen and oxygen atoms in total. The van der Waals surface area contributed by atoms with E-state index >= 15 is 0 Å². The first-order valence-electron chi connectivity index (χ1n) is 7.20. The first-order chi connectivity index (χ1) is 9.65. The fourth-order valence-electron chi connectivity index (χ4n) is 2.80. The quantitative estimate of drug-likeness (QED) is 0.918. The second-order valence-electron chi connectivity index (χ2n) is 5.46. The number of rotatable bonds is 4. The van der Waals surface area contributed by atoms with Crippen LogP contribution in [0.2, 0.25) is 0 Å². The van der Waals surface area contributed by atoms with E-state index in [1.165, 1.54) is 0 Å². The molecule has 1 fully saturated rings. The fourth-order valence-corrected chi connectivity index (χ4v) is 2.80. The molecule has 0 spiro atoms. The normalized spacial score (nSPS) is 18.9. The number of carbonyl (C=O) groups excluding carboxylic acids is 1. The van der Waals surface area contributed by atoms with Gasteiger partial charge in [0.15, 0.2) is 0 Å². The largest absolute Gasteiger partial charge is 0.496 e. The van der Waals surface area contributed by atoms with Crippen LogP contribution in [0.3, 0.4) is 0 Å². The number of nitrogens with zero attached hydrogens (tertiary/aromatic N) is 1.